The van der Waals surface area contributed by atoms with Crippen molar-refractivity contribution in [1.29, 1.82) is 0 Å². The van der Waals surface area contributed by atoms with Crippen molar-refractivity contribution in [2.45, 2.75) is 32.6 Å². The van der Waals surface area contributed by atoms with Crippen LogP contribution in [0.15, 0.2) is 30.3 Å². The van der Waals surface area contributed by atoms with Crippen molar-refractivity contribution in [3.63, 3.8) is 0 Å². The number of urea groups is 1. The molecule has 1 aromatic heterocycles. The zero-order valence-corrected chi connectivity index (χ0v) is 13.3. The van der Waals surface area contributed by atoms with Gasteiger partial charge in [0.2, 0.25) is 10.1 Å². The highest BCUT2D eigenvalue weighted by Gasteiger charge is 2.36. The summed E-state index contributed by atoms with van der Waals surface area (Å²) in [6.45, 7) is 3.99. The lowest BCUT2D eigenvalue weighted by atomic mass is 10.2. The van der Waals surface area contributed by atoms with Crippen molar-refractivity contribution in [2.24, 2.45) is 0 Å². The van der Waals surface area contributed by atoms with Crippen LogP contribution in [-0.4, -0.2) is 27.2 Å². The summed E-state index contributed by atoms with van der Waals surface area (Å²) in [5.41, 5.74) is 0.921. The predicted molar refractivity (Wildman–Crippen MR) is 81.1 cm³/mol. The van der Waals surface area contributed by atoms with Gasteiger partial charge in [0, 0.05) is 12.6 Å². The monoisotopic (exact) mass is 344 g/mol. The first kappa shape index (κ1) is 17.2. The first-order valence-electron chi connectivity index (χ1n) is 6.79. The number of rotatable bonds is 4. The molecule has 124 valence electrons. The van der Waals surface area contributed by atoms with Crippen LogP contribution in [0.2, 0.25) is 0 Å². The lowest BCUT2D eigenvalue weighted by Gasteiger charge is -2.26. The molecular weight excluding hydrogens is 329 g/mol. The summed E-state index contributed by atoms with van der Waals surface area (Å²) in [5.74, 6) is 0. The highest BCUT2D eigenvalue weighted by atomic mass is 32.1. The number of halogens is 3. The van der Waals surface area contributed by atoms with Gasteiger partial charge in [-0.15, -0.1) is 10.2 Å². The second kappa shape index (κ2) is 6.95. The highest BCUT2D eigenvalue weighted by Crippen LogP contribution is 2.33. The fraction of sp³-hybridized carbons (Fsp3) is 0.357. The second-order valence-corrected chi connectivity index (χ2v) is 6.03. The summed E-state index contributed by atoms with van der Waals surface area (Å²) in [4.78, 5) is 13.8. The minimum atomic E-state index is -4.57. The fourth-order valence-electron chi connectivity index (χ4n) is 1.82. The van der Waals surface area contributed by atoms with E-state index in [0.717, 1.165) is 5.56 Å². The van der Waals surface area contributed by atoms with Gasteiger partial charge in [-0.2, -0.15) is 13.2 Å². The van der Waals surface area contributed by atoms with E-state index in [1.54, 1.807) is 0 Å². The number of anilines is 1. The summed E-state index contributed by atoms with van der Waals surface area (Å²) >= 11 is 0.298. The number of hydrogen-bond acceptors (Lipinski definition) is 4. The fourth-order valence-corrected chi connectivity index (χ4v) is 2.42. The molecule has 0 aliphatic carbocycles. The topological polar surface area (TPSA) is 58.1 Å². The van der Waals surface area contributed by atoms with Crippen molar-refractivity contribution in [2.75, 3.05) is 5.32 Å². The Hall–Kier alpha value is -2.16. The molecule has 0 atom stereocenters. The average Bonchev–Trinajstić information content (AvgIpc) is 2.94. The zero-order chi connectivity index (χ0) is 17.0. The first-order valence-corrected chi connectivity index (χ1v) is 7.61. The van der Waals surface area contributed by atoms with E-state index in [-0.39, 0.29) is 11.2 Å². The first-order chi connectivity index (χ1) is 10.8. The third-order valence-electron chi connectivity index (χ3n) is 2.96. The molecule has 2 rings (SSSR count). The molecule has 2 amide bonds. The van der Waals surface area contributed by atoms with E-state index in [4.69, 9.17) is 0 Å². The highest BCUT2D eigenvalue weighted by molar-refractivity contribution is 7.15. The number of nitrogens with one attached hydrogen (secondary N) is 1. The molecule has 0 saturated carbocycles. The van der Waals surface area contributed by atoms with E-state index < -0.39 is 17.2 Å². The van der Waals surface area contributed by atoms with Crippen LogP contribution in [0.5, 0.6) is 0 Å². The van der Waals surface area contributed by atoms with Gasteiger partial charge in [0.15, 0.2) is 0 Å². The van der Waals surface area contributed by atoms with Gasteiger partial charge in [-0.3, -0.25) is 5.32 Å². The van der Waals surface area contributed by atoms with Crippen LogP contribution in [0, 0.1) is 0 Å². The zero-order valence-electron chi connectivity index (χ0n) is 12.5. The molecule has 0 unspecified atom stereocenters. The number of alkyl halides is 3. The van der Waals surface area contributed by atoms with Gasteiger partial charge in [-0.1, -0.05) is 41.7 Å². The van der Waals surface area contributed by atoms with Gasteiger partial charge in [-0.05, 0) is 19.4 Å². The van der Waals surface area contributed by atoms with Crippen LogP contribution in [-0.2, 0) is 12.7 Å². The van der Waals surface area contributed by atoms with Crippen LogP contribution < -0.4 is 5.32 Å². The normalized spacial score (nSPS) is 11.6. The number of benzene rings is 1. The molecule has 0 saturated heterocycles. The van der Waals surface area contributed by atoms with E-state index in [9.17, 15) is 18.0 Å². The molecule has 0 spiro atoms. The smallest absolute Gasteiger partial charge is 0.318 e. The largest absolute Gasteiger partial charge is 0.445 e. The Morgan fingerprint density at radius 2 is 1.91 bits per heavy atom. The van der Waals surface area contributed by atoms with Crippen molar-refractivity contribution in [3.8, 4) is 0 Å². The molecule has 0 aliphatic heterocycles. The summed E-state index contributed by atoms with van der Waals surface area (Å²) < 4.78 is 37.5. The van der Waals surface area contributed by atoms with Crippen LogP contribution in [0.1, 0.15) is 24.4 Å². The second-order valence-electron chi connectivity index (χ2n) is 5.05. The molecule has 5 nitrogen and oxygen atoms in total. The molecule has 23 heavy (non-hydrogen) atoms. The van der Waals surface area contributed by atoms with Crippen LogP contribution in [0.3, 0.4) is 0 Å². The van der Waals surface area contributed by atoms with E-state index in [1.165, 1.54) is 4.90 Å². The van der Waals surface area contributed by atoms with Gasteiger partial charge in [0.1, 0.15) is 0 Å². The van der Waals surface area contributed by atoms with Gasteiger partial charge in [0.05, 0.1) is 0 Å². The molecule has 0 fully saturated rings. The number of aromatic nitrogens is 2. The van der Waals surface area contributed by atoms with Crippen molar-refractivity contribution in [1.82, 2.24) is 15.1 Å². The van der Waals surface area contributed by atoms with Crippen LogP contribution >= 0.6 is 11.3 Å². The Morgan fingerprint density at radius 3 is 2.43 bits per heavy atom. The third kappa shape index (κ3) is 4.65. The van der Waals surface area contributed by atoms with Gasteiger partial charge >= 0.3 is 12.2 Å². The average molecular weight is 344 g/mol. The van der Waals surface area contributed by atoms with E-state index in [2.05, 4.69) is 15.5 Å². The van der Waals surface area contributed by atoms with E-state index in [0.29, 0.717) is 17.9 Å². The molecule has 0 aliphatic rings. The van der Waals surface area contributed by atoms with Crippen LogP contribution in [0.25, 0.3) is 0 Å². The Bertz CT molecular complexity index is 658. The molecule has 1 N–H and O–H groups in total. The minimum absolute atomic E-state index is 0.134. The predicted octanol–water partition coefficient (Wildman–Crippen LogP) is 4.00. The van der Waals surface area contributed by atoms with Crippen molar-refractivity contribution < 1.29 is 18.0 Å². The SMILES string of the molecule is CC(C)N(Cc1ccccc1)C(=O)Nc1nnc(C(F)(F)F)s1. The minimum Gasteiger partial charge on any atom is -0.318 e. The van der Waals surface area contributed by atoms with E-state index >= 15 is 0 Å². The lowest BCUT2D eigenvalue weighted by molar-refractivity contribution is -0.138. The molecule has 1 heterocycles. The number of hydrogen-bond donors (Lipinski definition) is 1. The standard InChI is InChI=1S/C14H15F3N4OS/c1-9(2)21(8-10-6-4-3-5-7-10)13(22)18-12-20-19-11(23-12)14(15,16)17/h3-7,9H,8H2,1-2H3,(H,18,20,22). The maximum Gasteiger partial charge on any atom is 0.445 e. The molecule has 0 bridgehead atoms. The molecular formula is C14H15F3N4OS. The quantitative estimate of drug-likeness (QED) is 0.912. The molecule has 1 aromatic carbocycles. The van der Waals surface area contributed by atoms with Crippen LogP contribution in [0.4, 0.5) is 23.1 Å². The number of amides is 2. The van der Waals surface area contributed by atoms with Gasteiger partial charge in [-0.25, -0.2) is 4.79 Å². The van der Waals surface area contributed by atoms with Crippen molar-refractivity contribution in [3.05, 3.63) is 40.9 Å². The summed E-state index contributed by atoms with van der Waals surface area (Å²) in [7, 11) is 0. The van der Waals surface area contributed by atoms with Gasteiger partial charge < -0.3 is 4.90 Å². The number of carbonyl (C=O) groups is 1. The maximum absolute atomic E-state index is 12.5. The number of carbonyl (C=O) groups excluding carboxylic acids is 1. The maximum atomic E-state index is 12.5. The summed E-state index contributed by atoms with van der Waals surface area (Å²) in [6.07, 6.45) is -4.57. The van der Waals surface area contributed by atoms with E-state index in [1.807, 2.05) is 44.2 Å². The Balaban J connectivity index is 2.08. The number of nitrogens with zero attached hydrogens (tertiary/aromatic N) is 3. The summed E-state index contributed by atoms with van der Waals surface area (Å²) in [5, 5.41) is 7.50. The lowest BCUT2D eigenvalue weighted by Crippen LogP contribution is -2.39. The third-order valence-corrected chi connectivity index (χ3v) is 3.84. The summed E-state index contributed by atoms with van der Waals surface area (Å²) in [6, 6.07) is 8.66. The van der Waals surface area contributed by atoms with Crippen molar-refractivity contribution >= 4 is 22.5 Å². The Kier molecular flexibility index (Phi) is 5.19. The molecule has 9 heteroatoms. The Morgan fingerprint density at radius 1 is 1.26 bits per heavy atom. The molecule has 2 aromatic rings. The Labute approximate surface area is 135 Å². The van der Waals surface area contributed by atoms with Gasteiger partial charge in [0.25, 0.3) is 0 Å². The molecule has 0 radical (unpaired) electrons.